The predicted molar refractivity (Wildman–Crippen MR) is 90.8 cm³/mol. The van der Waals surface area contributed by atoms with Gasteiger partial charge in [0.05, 0.1) is 17.1 Å². The first kappa shape index (κ1) is 17.7. The molecule has 1 fully saturated rings. The highest BCUT2D eigenvalue weighted by molar-refractivity contribution is 7.89. The highest BCUT2D eigenvalue weighted by Crippen LogP contribution is 2.31. The highest BCUT2D eigenvalue weighted by Gasteiger charge is 2.26. The van der Waals surface area contributed by atoms with Gasteiger partial charge < -0.3 is 15.0 Å². The second kappa shape index (κ2) is 7.01. The standard InChI is InChI=1S/C16H21N3O5S/c1-11-16(21)18-13-9-12(5-6-14(13)24-11)25(22,23)17-10-15(20)19-7-3-2-4-8-19/h5-6,9,11,17H,2-4,7-8,10H2,1H3,(H,18,21)/t11-/m1/s1. The van der Waals surface area contributed by atoms with Gasteiger partial charge in [-0.3, -0.25) is 9.59 Å². The maximum absolute atomic E-state index is 12.4. The molecule has 8 nitrogen and oxygen atoms in total. The number of piperidine rings is 1. The Morgan fingerprint density at radius 2 is 2.04 bits per heavy atom. The first-order chi connectivity index (χ1) is 11.9. The molecule has 0 saturated carbocycles. The van der Waals surface area contributed by atoms with Crippen molar-refractivity contribution in [1.29, 1.82) is 0 Å². The molecule has 1 saturated heterocycles. The molecule has 2 aliphatic heterocycles. The van der Waals surface area contributed by atoms with Crippen molar-refractivity contribution in [3.63, 3.8) is 0 Å². The number of hydrogen-bond acceptors (Lipinski definition) is 5. The lowest BCUT2D eigenvalue weighted by molar-refractivity contribution is -0.130. The van der Waals surface area contributed by atoms with E-state index in [1.807, 2.05) is 0 Å². The van der Waals surface area contributed by atoms with Crippen molar-refractivity contribution in [3.05, 3.63) is 18.2 Å². The fourth-order valence-electron chi connectivity index (χ4n) is 2.85. The van der Waals surface area contributed by atoms with Crippen molar-refractivity contribution in [1.82, 2.24) is 9.62 Å². The van der Waals surface area contributed by atoms with Crippen LogP contribution in [-0.2, 0) is 19.6 Å². The summed E-state index contributed by atoms with van der Waals surface area (Å²) < 4.78 is 32.6. The van der Waals surface area contributed by atoms with Crippen LogP contribution in [0, 0.1) is 0 Å². The Hall–Kier alpha value is -2.13. The number of rotatable bonds is 4. The molecule has 1 aromatic rings. The number of nitrogens with zero attached hydrogens (tertiary/aromatic N) is 1. The second-order valence-corrected chi connectivity index (χ2v) is 7.94. The average Bonchev–Trinajstić information content (AvgIpc) is 2.61. The first-order valence-corrected chi connectivity index (χ1v) is 9.74. The molecule has 2 N–H and O–H groups in total. The van der Waals surface area contributed by atoms with Crippen LogP contribution < -0.4 is 14.8 Å². The number of ether oxygens (including phenoxy) is 1. The summed E-state index contributed by atoms with van der Waals surface area (Å²) in [5.41, 5.74) is 0.299. The monoisotopic (exact) mass is 367 g/mol. The zero-order valence-corrected chi connectivity index (χ0v) is 14.8. The molecular formula is C16H21N3O5S. The lowest BCUT2D eigenvalue weighted by Gasteiger charge is -2.26. The van der Waals surface area contributed by atoms with Gasteiger partial charge in [0.15, 0.2) is 6.10 Å². The molecule has 9 heteroatoms. The maximum Gasteiger partial charge on any atom is 0.265 e. The topological polar surface area (TPSA) is 105 Å². The Morgan fingerprint density at radius 3 is 2.76 bits per heavy atom. The smallest absolute Gasteiger partial charge is 0.265 e. The van der Waals surface area contributed by atoms with Crippen molar-refractivity contribution in [2.24, 2.45) is 0 Å². The van der Waals surface area contributed by atoms with Crippen LogP contribution in [0.2, 0.25) is 0 Å². The zero-order valence-electron chi connectivity index (χ0n) is 13.9. The molecule has 1 atom stereocenters. The van der Waals surface area contributed by atoms with Gasteiger partial charge in [-0.25, -0.2) is 13.1 Å². The number of likely N-dealkylation sites (tertiary alicyclic amines) is 1. The minimum Gasteiger partial charge on any atom is -0.479 e. The van der Waals surface area contributed by atoms with Gasteiger partial charge in [-0.15, -0.1) is 0 Å². The number of hydrogen-bond donors (Lipinski definition) is 2. The normalized spacial score (nSPS) is 20.4. The predicted octanol–water partition coefficient (Wildman–Crippen LogP) is 0.697. The van der Waals surface area contributed by atoms with Crippen LogP contribution in [0.5, 0.6) is 5.75 Å². The van der Waals surface area contributed by atoms with Crippen molar-refractivity contribution in [3.8, 4) is 5.75 Å². The Labute approximate surface area is 146 Å². The molecule has 0 aliphatic carbocycles. The van der Waals surface area contributed by atoms with Crippen LogP contribution in [0.3, 0.4) is 0 Å². The van der Waals surface area contributed by atoms with Crippen LogP contribution in [0.25, 0.3) is 0 Å². The molecule has 0 bridgehead atoms. The third kappa shape index (κ3) is 3.93. The Balaban J connectivity index is 1.69. The number of anilines is 1. The Kier molecular flexibility index (Phi) is 4.96. The fourth-order valence-corrected chi connectivity index (χ4v) is 3.85. The molecule has 0 unspecified atom stereocenters. The number of fused-ring (bicyclic) bond motifs is 1. The molecule has 0 aromatic heterocycles. The summed E-state index contributed by atoms with van der Waals surface area (Å²) in [4.78, 5) is 25.4. The number of carbonyl (C=O) groups is 2. The van der Waals surface area contributed by atoms with E-state index in [2.05, 4.69) is 10.0 Å². The van der Waals surface area contributed by atoms with Crippen LogP contribution in [0.1, 0.15) is 26.2 Å². The lowest BCUT2D eigenvalue weighted by Crippen LogP contribution is -2.42. The van der Waals surface area contributed by atoms with E-state index in [0.29, 0.717) is 24.5 Å². The summed E-state index contributed by atoms with van der Waals surface area (Å²) in [6.45, 7) is 2.66. The molecule has 2 aliphatic rings. The molecular weight excluding hydrogens is 346 g/mol. The Morgan fingerprint density at radius 1 is 1.32 bits per heavy atom. The van der Waals surface area contributed by atoms with Crippen molar-refractivity contribution < 1.29 is 22.7 Å². The number of amides is 2. The summed E-state index contributed by atoms with van der Waals surface area (Å²) in [7, 11) is -3.86. The zero-order chi connectivity index (χ0) is 18.0. The first-order valence-electron chi connectivity index (χ1n) is 8.26. The lowest BCUT2D eigenvalue weighted by atomic mass is 10.1. The van der Waals surface area contributed by atoms with E-state index in [4.69, 9.17) is 4.74 Å². The molecule has 0 radical (unpaired) electrons. The number of sulfonamides is 1. The SMILES string of the molecule is C[C@H]1Oc2ccc(S(=O)(=O)NCC(=O)N3CCCCC3)cc2NC1=O. The summed E-state index contributed by atoms with van der Waals surface area (Å²) in [5.74, 6) is -0.155. The van der Waals surface area contributed by atoms with Gasteiger partial charge in [0.2, 0.25) is 15.9 Å². The fraction of sp³-hybridized carbons (Fsp3) is 0.500. The van der Waals surface area contributed by atoms with Crippen molar-refractivity contribution >= 4 is 27.5 Å². The van der Waals surface area contributed by atoms with E-state index < -0.39 is 16.1 Å². The number of carbonyl (C=O) groups excluding carboxylic acids is 2. The number of nitrogens with one attached hydrogen (secondary N) is 2. The van der Waals surface area contributed by atoms with Crippen LogP contribution in [0.15, 0.2) is 23.1 Å². The van der Waals surface area contributed by atoms with Crippen LogP contribution >= 0.6 is 0 Å². The van der Waals surface area contributed by atoms with Crippen LogP contribution in [0.4, 0.5) is 5.69 Å². The van der Waals surface area contributed by atoms with Gasteiger partial charge in [-0.1, -0.05) is 0 Å². The second-order valence-electron chi connectivity index (χ2n) is 6.17. The van der Waals surface area contributed by atoms with Gasteiger partial charge in [0.25, 0.3) is 5.91 Å². The third-order valence-corrected chi connectivity index (χ3v) is 5.71. The van der Waals surface area contributed by atoms with Gasteiger partial charge >= 0.3 is 0 Å². The molecule has 2 heterocycles. The minimum absolute atomic E-state index is 0.0313. The summed E-state index contributed by atoms with van der Waals surface area (Å²) >= 11 is 0. The van der Waals surface area contributed by atoms with Gasteiger partial charge in [-0.2, -0.15) is 0 Å². The van der Waals surface area contributed by atoms with E-state index in [1.165, 1.54) is 18.2 Å². The quantitative estimate of drug-likeness (QED) is 0.815. The van der Waals surface area contributed by atoms with E-state index in [1.54, 1.807) is 11.8 Å². The third-order valence-electron chi connectivity index (χ3n) is 4.31. The maximum atomic E-state index is 12.4. The molecule has 25 heavy (non-hydrogen) atoms. The highest BCUT2D eigenvalue weighted by atomic mass is 32.2. The van der Waals surface area contributed by atoms with Gasteiger partial charge in [-0.05, 0) is 44.4 Å². The molecule has 1 aromatic carbocycles. The van der Waals surface area contributed by atoms with Crippen molar-refractivity contribution in [2.75, 3.05) is 25.0 Å². The molecule has 3 rings (SSSR count). The van der Waals surface area contributed by atoms with Crippen LogP contribution in [-0.4, -0.2) is 50.9 Å². The summed E-state index contributed by atoms with van der Waals surface area (Å²) in [5, 5.41) is 2.61. The van der Waals surface area contributed by atoms with Gasteiger partial charge in [0, 0.05) is 13.1 Å². The molecule has 136 valence electrons. The average molecular weight is 367 g/mol. The summed E-state index contributed by atoms with van der Waals surface area (Å²) in [6, 6.07) is 4.20. The van der Waals surface area contributed by atoms with E-state index in [9.17, 15) is 18.0 Å². The Bertz CT molecular complexity index is 787. The molecule has 0 spiro atoms. The van der Waals surface area contributed by atoms with E-state index in [-0.39, 0.29) is 23.3 Å². The van der Waals surface area contributed by atoms with Gasteiger partial charge in [0.1, 0.15) is 5.75 Å². The van der Waals surface area contributed by atoms with Crippen molar-refractivity contribution in [2.45, 2.75) is 37.2 Å². The largest absolute Gasteiger partial charge is 0.479 e. The van der Waals surface area contributed by atoms with E-state index in [0.717, 1.165) is 19.3 Å². The van der Waals surface area contributed by atoms with E-state index >= 15 is 0 Å². The molecule has 2 amide bonds. The minimum atomic E-state index is -3.86. The number of benzene rings is 1. The summed E-state index contributed by atoms with van der Waals surface area (Å²) in [6.07, 6.45) is 2.36.